The minimum atomic E-state index is -2.54. The summed E-state index contributed by atoms with van der Waals surface area (Å²) in [7, 11) is 4.10. The Morgan fingerprint density at radius 1 is 0.194 bits per heavy atom. The van der Waals surface area contributed by atoms with Crippen molar-refractivity contribution >= 4 is 70.4 Å². The van der Waals surface area contributed by atoms with Gasteiger partial charge in [-0.15, -0.1) is 0 Å². The molecule has 0 aromatic heterocycles. The molecule has 0 amide bonds. The number of hydrogen-bond acceptors (Lipinski definition) is 28. The Bertz CT molecular complexity index is 1480. The van der Waals surface area contributed by atoms with Crippen molar-refractivity contribution in [3.05, 3.63) is 0 Å². The van der Waals surface area contributed by atoms with Crippen molar-refractivity contribution < 1.29 is 106 Å². The van der Waals surface area contributed by atoms with Gasteiger partial charge in [0.2, 0.25) is 0 Å². The second-order valence-electron chi connectivity index (χ2n) is 22.0. The zero-order chi connectivity index (χ0) is 75.0. The van der Waals surface area contributed by atoms with Crippen molar-refractivity contribution in [2.75, 3.05) is 231 Å². The van der Waals surface area contributed by atoms with E-state index in [1.807, 2.05) is 83.1 Å². The highest BCUT2D eigenvalue weighted by Gasteiger charge is 2.44. The standard InChI is InChI=1S/C19H45NO6Si2.C18H43NO6Si2.C13H33NO6Si2.C12H31NO6Si2/c1-8-21-27(22-9-2,23-10-3)18-14-16-20(7)17-15-19-28(24-11-4,25-12-5)26-13-6;1-7-20-26(21-8-2,22-9-3)17-13-15-19-16-14-18-27(23-10-4,24-11-5)25-12-6;1-14(10-8-12-21(15-2,16-3)17-4)11-9-13-22(18-5,19-6)20-7;1-14-20(15-2,16-3)11-7-9-13-10-8-12-21(17-4,18-5)19-6/h8-19H2,1-7H3;19H,7-18H2,1-6H3;8-13H2,1-7H3;13H,7-12H2,1-6H3. The van der Waals surface area contributed by atoms with Crippen LogP contribution >= 0.6 is 0 Å². The summed E-state index contributed by atoms with van der Waals surface area (Å²) in [5.41, 5.74) is 0. The molecule has 0 radical (unpaired) electrons. The second-order valence-corrected chi connectivity index (χ2v) is 45.3. The van der Waals surface area contributed by atoms with E-state index in [2.05, 4.69) is 34.5 Å². The molecule has 0 fully saturated rings. The molecule has 0 heterocycles. The van der Waals surface area contributed by atoms with Gasteiger partial charge in [0, 0.05) is 213 Å². The normalized spacial score (nSPS) is 12.9. The molecule has 0 bridgehead atoms. The fourth-order valence-electron chi connectivity index (χ4n) is 10.7. The quantitative estimate of drug-likeness (QED) is 0.0424. The van der Waals surface area contributed by atoms with Crippen molar-refractivity contribution in [1.82, 2.24) is 20.4 Å². The van der Waals surface area contributed by atoms with E-state index in [1.54, 1.807) is 85.3 Å². The first-order valence-corrected chi connectivity index (χ1v) is 51.6. The van der Waals surface area contributed by atoms with Gasteiger partial charge in [-0.2, -0.15) is 0 Å². The lowest BCUT2D eigenvalue weighted by atomic mass is 10.4. The summed E-state index contributed by atoms with van der Waals surface area (Å²) in [5.74, 6) is 0. The summed E-state index contributed by atoms with van der Waals surface area (Å²) >= 11 is 0. The van der Waals surface area contributed by atoms with Crippen LogP contribution in [0.3, 0.4) is 0 Å². The zero-order valence-corrected chi connectivity index (χ0v) is 75.1. The predicted molar refractivity (Wildman–Crippen MR) is 406 cm³/mol. The molecule has 0 saturated carbocycles. The maximum atomic E-state index is 5.93. The van der Waals surface area contributed by atoms with Gasteiger partial charge in [-0.1, -0.05) is 0 Å². The first-order valence-electron chi connectivity index (χ1n) is 36.1. The van der Waals surface area contributed by atoms with Crippen LogP contribution in [0.4, 0.5) is 0 Å². The van der Waals surface area contributed by atoms with Gasteiger partial charge in [-0.05, 0) is 201 Å². The summed E-state index contributed by atoms with van der Waals surface area (Å²) in [5, 5.41) is 6.88. The number of rotatable bonds is 68. The minimum Gasteiger partial charge on any atom is -0.377 e. The van der Waals surface area contributed by atoms with E-state index in [1.165, 1.54) is 0 Å². The van der Waals surface area contributed by atoms with E-state index in [4.69, 9.17) is 106 Å². The molecule has 0 aliphatic heterocycles. The Labute approximate surface area is 607 Å². The average Bonchev–Trinajstić information content (AvgIpc) is 1.06. The molecule has 2 N–H and O–H groups in total. The van der Waals surface area contributed by atoms with Gasteiger partial charge < -0.3 is 127 Å². The topological polar surface area (TPSA) is 252 Å². The average molecular weight is 1560 g/mol. The summed E-state index contributed by atoms with van der Waals surface area (Å²) in [6, 6.07) is 6.61. The van der Waals surface area contributed by atoms with E-state index in [9.17, 15) is 0 Å². The largest absolute Gasteiger partial charge is 0.500 e. The highest BCUT2D eigenvalue weighted by Crippen LogP contribution is 2.24. The zero-order valence-electron chi connectivity index (χ0n) is 67.1. The van der Waals surface area contributed by atoms with Gasteiger partial charge in [-0.25, -0.2) is 0 Å². The Kier molecular flexibility index (Phi) is 71.8. The van der Waals surface area contributed by atoms with Crippen LogP contribution in [0.1, 0.15) is 134 Å². The van der Waals surface area contributed by atoms with Crippen LogP contribution in [-0.2, 0) is 106 Å². The molecule has 0 atom stereocenters. The Morgan fingerprint density at radius 2 is 0.316 bits per heavy atom. The minimum absolute atomic E-state index is 0.624. The van der Waals surface area contributed by atoms with Crippen LogP contribution in [0, 0.1) is 0 Å². The predicted octanol–water partition coefficient (Wildman–Crippen LogP) is 9.82. The number of nitrogens with zero attached hydrogens (tertiary/aromatic N) is 2. The molecule has 0 unspecified atom stereocenters. The van der Waals surface area contributed by atoms with Gasteiger partial charge in [0.05, 0.1) is 0 Å². The molecule has 596 valence electrons. The Hall–Kier alpha value is 0.615. The van der Waals surface area contributed by atoms with Crippen molar-refractivity contribution in [3.63, 3.8) is 0 Å². The van der Waals surface area contributed by atoms with E-state index in [0.29, 0.717) is 79.3 Å². The highest BCUT2D eigenvalue weighted by atomic mass is 28.4. The van der Waals surface area contributed by atoms with Crippen LogP contribution in [0.2, 0.25) is 48.4 Å². The third-order valence-electron chi connectivity index (χ3n) is 15.5. The highest BCUT2D eigenvalue weighted by molar-refractivity contribution is 6.63. The van der Waals surface area contributed by atoms with Gasteiger partial charge in [-0.3, -0.25) is 0 Å². The Balaban J connectivity index is -0.000000605. The van der Waals surface area contributed by atoms with Crippen molar-refractivity contribution in [2.24, 2.45) is 0 Å². The maximum Gasteiger partial charge on any atom is 0.500 e. The van der Waals surface area contributed by atoms with E-state index < -0.39 is 70.4 Å². The van der Waals surface area contributed by atoms with Gasteiger partial charge in [0.1, 0.15) is 0 Å². The molecule has 0 aliphatic carbocycles. The molecule has 0 aromatic rings. The molecule has 0 spiro atoms. The molecule has 0 rings (SSSR count). The lowest BCUT2D eigenvalue weighted by Gasteiger charge is -2.30. The SMILES string of the molecule is CCO[Si](CCCN(C)CCC[Si](OCC)(OCC)OCC)(OCC)OCC.CCO[Si](CCCNCCC[Si](OCC)(OCC)OCC)(OCC)OCC.CO[Si](CCCN(C)CCC[Si](OC)(OC)OC)(OC)OC.CO[Si](CCCNCCC[Si](OC)(OC)OC)(OC)OC. The first kappa shape index (κ1) is 105. The molecule has 98 heavy (non-hydrogen) atoms. The van der Waals surface area contributed by atoms with Crippen LogP contribution in [0.15, 0.2) is 0 Å². The summed E-state index contributed by atoms with van der Waals surface area (Å²) in [4.78, 5) is 4.62. The van der Waals surface area contributed by atoms with E-state index in [-0.39, 0.29) is 0 Å². The van der Waals surface area contributed by atoms with Crippen LogP contribution < -0.4 is 10.6 Å². The van der Waals surface area contributed by atoms with Crippen LogP contribution in [-0.4, -0.2) is 311 Å². The fraction of sp³-hybridized carbons (Fsp3) is 1.00. The second kappa shape index (κ2) is 67.0. The maximum absolute atomic E-state index is 5.93. The number of hydrogen-bond donors (Lipinski definition) is 2. The number of nitrogens with one attached hydrogen (secondary N) is 2. The lowest BCUT2D eigenvalue weighted by Crippen LogP contribution is -2.47. The molecular formula is C62H152N4O24Si8. The molecular weight excluding hydrogens is 1410 g/mol. The van der Waals surface area contributed by atoms with Crippen LogP contribution in [0.5, 0.6) is 0 Å². The van der Waals surface area contributed by atoms with Gasteiger partial charge in [0.15, 0.2) is 0 Å². The van der Waals surface area contributed by atoms with Crippen molar-refractivity contribution in [3.8, 4) is 0 Å². The summed E-state index contributed by atoms with van der Waals surface area (Å²) in [6.07, 6.45) is 7.77. The third kappa shape index (κ3) is 47.3. The lowest BCUT2D eigenvalue weighted by molar-refractivity contribution is 0.0687. The monoisotopic (exact) mass is 1560 g/mol. The molecule has 0 aliphatic rings. The summed E-state index contributed by atoms with van der Waals surface area (Å²) in [6.45, 7) is 38.9. The van der Waals surface area contributed by atoms with Crippen molar-refractivity contribution in [1.29, 1.82) is 0 Å². The van der Waals surface area contributed by atoms with Crippen LogP contribution in [0.25, 0.3) is 0 Å². The molecule has 28 nitrogen and oxygen atoms in total. The fourth-order valence-corrected chi connectivity index (χ4v) is 27.9. The summed E-state index contributed by atoms with van der Waals surface area (Å²) < 4.78 is 136. The van der Waals surface area contributed by atoms with E-state index >= 15 is 0 Å². The first-order chi connectivity index (χ1) is 47.1. The van der Waals surface area contributed by atoms with Crippen molar-refractivity contribution in [2.45, 2.75) is 183 Å². The van der Waals surface area contributed by atoms with Gasteiger partial charge >= 0.3 is 70.4 Å². The Morgan fingerprint density at radius 3 is 0.449 bits per heavy atom. The molecule has 0 aromatic carbocycles. The van der Waals surface area contributed by atoms with E-state index in [0.717, 1.165) is 152 Å². The molecule has 36 heteroatoms. The molecule has 0 saturated heterocycles. The third-order valence-corrected chi connectivity index (χ3v) is 39.5. The van der Waals surface area contributed by atoms with Gasteiger partial charge in [0.25, 0.3) is 0 Å². The smallest absolute Gasteiger partial charge is 0.377 e.